The smallest absolute Gasteiger partial charge is 0.0541 e. The number of benzene rings is 7. The minimum atomic E-state index is 0.337. The van der Waals surface area contributed by atoms with E-state index in [1.54, 1.807) is 0 Å². The van der Waals surface area contributed by atoms with Crippen molar-refractivity contribution >= 4 is 21.8 Å². The molecule has 1 nitrogen and oxygen atoms in total. The van der Waals surface area contributed by atoms with Crippen LogP contribution in [0.1, 0.15) is 34.6 Å². The number of aryl methyl sites for hydroxylation is 2. The Kier molecular flexibility index (Phi) is 7.73. The summed E-state index contributed by atoms with van der Waals surface area (Å²) < 4.78 is 2.37. The Labute approximate surface area is 277 Å². The van der Waals surface area contributed by atoms with Gasteiger partial charge >= 0.3 is 0 Å². The van der Waals surface area contributed by atoms with E-state index in [-0.39, 0.29) is 0 Å². The van der Waals surface area contributed by atoms with Crippen LogP contribution in [0.15, 0.2) is 176 Å². The van der Waals surface area contributed by atoms with E-state index in [0.717, 1.165) is 12.8 Å². The van der Waals surface area contributed by atoms with Crippen molar-refractivity contribution in [2.24, 2.45) is 0 Å². The predicted molar refractivity (Wildman–Crippen MR) is 199 cm³/mol. The highest BCUT2D eigenvalue weighted by molar-refractivity contribution is 6.10. The second-order valence-corrected chi connectivity index (χ2v) is 12.6. The topological polar surface area (TPSA) is 4.93 Å². The predicted octanol–water partition coefficient (Wildman–Crippen LogP) is 12.2. The molecule has 226 valence electrons. The van der Waals surface area contributed by atoms with Gasteiger partial charge in [-0.2, -0.15) is 0 Å². The molecule has 0 saturated heterocycles. The Hall–Kier alpha value is -5.66. The summed E-state index contributed by atoms with van der Waals surface area (Å²) in [6.07, 6.45) is 2.07. The summed E-state index contributed by atoms with van der Waals surface area (Å²) in [5.74, 6) is 0.337. The van der Waals surface area contributed by atoms with Gasteiger partial charge in [0.25, 0.3) is 0 Å². The number of hydrogen-bond acceptors (Lipinski definition) is 0. The first-order valence-corrected chi connectivity index (χ1v) is 16.6. The molecule has 0 amide bonds. The summed E-state index contributed by atoms with van der Waals surface area (Å²) in [6, 6.07) is 64.4. The summed E-state index contributed by atoms with van der Waals surface area (Å²) in [6.45, 7) is 2.16. The van der Waals surface area contributed by atoms with Crippen LogP contribution in [0.3, 0.4) is 0 Å². The van der Waals surface area contributed by atoms with Crippen LogP contribution < -0.4 is 0 Å². The van der Waals surface area contributed by atoms with E-state index in [1.165, 1.54) is 72.0 Å². The van der Waals surface area contributed by atoms with Crippen molar-refractivity contribution in [3.8, 4) is 27.9 Å². The first-order chi connectivity index (χ1) is 23.2. The van der Waals surface area contributed by atoms with Gasteiger partial charge in [0, 0.05) is 22.4 Å². The molecule has 0 fully saturated rings. The molecule has 1 atom stereocenters. The van der Waals surface area contributed by atoms with Gasteiger partial charge in [0.05, 0.1) is 11.0 Å². The molecule has 1 heterocycles. The lowest BCUT2D eigenvalue weighted by Crippen LogP contribution is -2.03. The number of aromatic nitrogens is 1. The zero-order valence-electron chi connectivity index (χ0n) is 26.7. The third-order valence-electron chi connectivity index (χ3n) is 9.60. The average Bonchev–Trinajstić information content (AvgIpc) is 3.47. The minimum Gasteiger partial charge on any atom is -0.309 e. The highest BCUT2D eigenvalue weighted by atomic mass is 15.0. The number of fused-ring (bicyclic) bond motifs is 3. The number of hydrogen-bond donors (Lipinski definition) is 0. The average molecular weight is 604 g/mol. The lowest BCUT2D eigenvalue weighted by molar-refractivity contribution is 0.715. The van der Waals surface area contributed by atoms with Crippen LogP contribution >= 0.6 is 0 Å². The monoisotopic (exact) mass is 603 g/mol. The van der Waals surface area contributed by atoms with Gasteiger partial charge < -0.3 is 4.57 Å². The van der Waals surface area contributed by atoms with E-state index >= 15 is 0 Å². The number of para-hydroxylation sites is 2. The molecule has 1 aromatic heterocycles. The van der Waals surface area contributed by atoms with Gasteiger partial charge in [-0.25, -0.2) is 0 Å². The molecule has 0 aliphatic carbocycles. The van der Waals surface area contributed by atoms with Crippen LogP contribution in [0.25, 0.3) is 49.7 Å². The van der Waals surface area contributed by atoms with E-state index in [2.05, 4.69) is 187 Å². The molecule has 8 rings (SSSR count). The highest BCUT2D eigenvalue weighted by Gasteiger charge is 2.16. The summed E-state index contributed by atoms with van der Waals surface area (Å²) in [5, 5.41) is 2.56. The largest absolute Gasteiger partial charge is 0.309 e. The molecule has 0 radical (unpaired) electrons. The molecule has 1 heteroatoms. The third kappa shape index (κ3) is 5.77. The summed E-state index contributed by atoms with van der Waals surface area (Å²) in [7, 11) is 0. The van der Waals surface area contributed by atoms with Crippen LogP contribution in [0.4, 0.5) is 0 Å². The fourth-order valence-corrected chi connectivity index (χ4v) is 7.05. The lowest BCUT2D eigenvalue weighted by Gasteiger charge is -2.19. The van der Waals surface area contributed by atoms with E-state index in [1.807, 2.05) is 0 Å². The van der Waals surface area contributed by atoms with Gasteiger partial charge in [0.15, 0.2) is 0 Å². The van der Waals surface area contributed by atoms with E-state index < -0.39 is 0 Å². The maximum absolute atomic E-state index is 2.37. The molecule has 7 aromatic carbocycles. The van der Waals surface area contributed by atoms with Crippen molar-refractivity contribution in [3.63, 3.8) is 0 Å². The fourth-order valence-electron chi connectivity index (χ4n) is 7.05. The first kappa shape index (κ1) is 28.8. The van der Waals surface area contributed by atoms with Crippen molar-refractivity contribution < 1.29 is 0 Å². The van der Waals surface area contributed by atoms with Crippen LogP contribution in [-0.4, -0.2) is 4.57 Å². The highest BCUT2D eigenvalue weighted by Crippen LogP contribution is 2.36. The van der Waals surface area contributed by atoms with E-state index in [4.69, 9.17) is 0 Å². The zero-order chi connectivity index (χ0) is 31.6. The Bertz CT molecular complexity index is 2260. The molecule has 8 aromatic rings. The molecule has 0 aliphatic rings. The number of nitrogens with zero attached hydrogens (tertiary/aromatic N) is 1. The molecule has 0 saturated carbocycles. The summed E-state index contributed by atoms with van der Waals surface area (Å²) in [5.41, 5.74) is 14.1. The Morgan fingerprint density at radius 3 is 1.70 bits per heavy atom. The third-order valence-corrected chi connectivity index (χ3v) is 9.60. The van der Waals surface area contributed by atoms with Gasteiger partial charge in [-0.3, -0.25) is 0 Å². The van der Waals surface area contributed by atoms with Crippen molar-refractivity contribution in [2.75, 3.05) is 0 Å². The van der Waals surface area contributed by atoms with Gasteiger partial charge in [-0.05, 0) is 89.0 Å². The molecule has 0 bridgehead atoms. The number of rotatable bonds is 8. The second-order valence-electron chi connectivity index (χ2n) is 12.6. The lowest BCUT2D eigenvalue weighted by atomic mass is 9.85. The van der Waals surface area contributed by atoms with Crippen LogP contribution in [0, 0.1) is 6.92 Å². The Morgan fingerprint density at radius 1 is 0.447 bits per heavy atom. The first-order valence-electron chi connectivity index (χ1n) is 16.6. The summed E-state index contributed by atoms with van der Waals surface area (Å²) >= 11 is 0. The maximum atomic E-state index is 2.37. The van der Waals surface area contributed by atoms with E-state index in [0.29, 0.717) is 5.92 Å². The summed E-state index contributed by atoms with van der Waals surface area (Å²) in [4.78, 5) is 0. The van der Waals surface area contributed by atoms with Crippen molar-refractivity contribution in [2.45, 2.75) is 25.7 Å². The van der Waals surface area contributed by atoms with Crippen LogP contribution in [0.2, 0.25) is 0 Å². The Balaban J connectivity index is 1.06. The Morgan fingerprint density at radius 2 is 0.979 bits per heavy atom. The standard InChI is InChI=1S/C46H37N/c1-33-16-21-38(22-17-33)42(39-27-25-36(26-28-39)35-10-4-2-5-11-35)30-20-34-18-23-37(24-19-34)40-29-31-46-44(32-40)43-14-8-9-15-45(43)47(46)41-12-6-3-7-13-41/h2-19,21-29,31-32,42H,20,30H2,1H3. The molecular formula is C46H37N. The van der Waals surface area contributed by atoms with Crippen molar-refractivity contribution in [1.82, 2.24) is 4.57 Å². The van der Waals surface area contributed by atoms with E-state index in [9.17, 15) is 0 Å². The van der Waals surface area contributed by atoms with Gasteiger partial charge in [-0.1, -0.05) is 151 Å². The minimum absolute atomic E-state index is 0.337. The molecule has 47 heavy (non-hydrogen) atoms. The van der Waals surface area contributed by atoms with Gasteiger partial charge in [0.2, 0.25) is 0 Å². The van der Waals surface area contributed by atoms with Gasteiger partial charge in [-0.15, -0.1) is 0 Å². The fraction of sp³-hybridized carbons (Fsp3) is 0.0870. The molecule has 1 unspecified atom stereocenters. The van der Waals surface area contributed by atoms with Crippen molar-refractivity contribution in [3.05, 3.63) is 198 Å². The van der Waals surface area contributed by atoms with Crippen LogP contribution in [0.5, 0.6) is 0 Å². The molecule has 0 aliphatic heterocycles. The molecule has 0 spiro atoms. The molecular weight excluding hydrogens is 567 g/mol. The SMILES string of the molecule is Cc1ccc(C(CCc2ccc(-c3ccc4c(c3)c3ccccc3n4-c3ccccc3)cc2)c2ccc(-c3ccccc3)cc2)cc1. The van der Waals surface area contributed by atoms with Crippen LogP contribution in [-0.2, 0) is 6.42 Å². The molecule has 0 N–H and O–H groups in total. The van der Waals surface area contributed by atoms with Gasteiger partial charge in [0.1, 0.15) is 0 Å². The van der Waals surface area contributed by atoms with Crippen molar-refractivity contribution in [1.29, 1.82) is 0 Å². The normalized spacial score (nSPS) is 12.0. The quantitative estimate of drug-likeness (QED) is 0.163. The maximum Gasteiger partial charge on any atom is 0.0541 e. The zero-order valence-corrected chi connectivity index (χ0v) is 26.7. The second kappa shape index (κ2) is 12.6.